The third kappa shape index (κ3) is 4.13. The molecule has 1 amide bonds. The Kier molecular flexibility index (Phi) is 5.18. The number of hydrogen-bond acceptors (Lipinski definition) is 3. The Labute approximate surface area is 154 Å². The number of rotatable bonds is 4. The van der Waals surface area contributed by atoms with Crippen LogP contribution in [0.25, 0.3) is 0 Å². The Balaban J connectivity index is 1.24. The van der Waals surface area contributed by atoms with Crippen molar-refractivity contribution < 1.29 is 4.79 Å². The molecule has 3 heterocycles. The van der Waals surface area contributed by atoms with Gasteiger partial charge < -0.3 is 4.90 Å². The highest BCUT2D eigenvalue weighted by molar-refractivity contribution is 7.10. The minimum Gasteiger partial charge on any atom is -0.342 e. The fourth-order valence-electron chi connectivity index (χ4n) is 4.07. The summed E-state index contributed by atoms with van der Waals surface area (Å²) in [5, 5.41) is 2.17. The molecular weight excluding hydrogens is 328 g/mol. The molecule has 2 aromatic rings. The van der Waals surface area contributed by atoms with E-state index in [9.17, 15) is 4.79 Å². The highest BCUT2D eigenvalue weighted by Crippen LogP contribution is 2.25. The maximum absolute atomic E-state index is 12.7. The molecule has 2 aliphatic rings. The second-order valence-corrected chi connectivity index (χ2v) is 8.34. The molecular formula is C21H26N2OS. The van der Waals surface area contributed by atoms with Crippen molar-refractivity contribution in [3.8, 4) is 0 Å². The van der Waals surface area contributed by atoms with Crippen LogP contribution in [0.2, 0.25) is 0 Å². The zero-order chi connectivity index (χ0) is 17.1. The third-order valence-corrected chi connectivity index (χ3v) is 6.60. The molecule has 25 heavy (non-hydrogen) atoms. The van der Waals surface area contributed by atoms with Crippen LogP contribution in [0.1, 0.15) is 28.8 Å². The molecule has 0 aliphatic carbocycles. The predicted octanol–water partition coefficient (Wildman–Crippen LogP) is 3.59. The van der Waals surface area contributed by atoms with E-state index < -0.39 is 0 Å². The quantitative estimate of drug-likeness (QED) is 0.838. The van der Waals surface area contributed by atoms with Crippen LogP contribution in [-0.2, 0) is 24.2 Å². The van der Waals surface area contributed by atoms with Crippen molar-refractivity contribution in [3.05, 3.63) is 57.8 Å². The van der Waals surface area contributed by atoms with Gasteiger partial charge in [0.15, 0.2) is 0 Å². The molecule has 1 saturated heterocycles. The number of hydrogen-bond donors (Lipinski definition) is 0. The van der Waals surface area contributed by atoms with Gasteiger partial charge in [-0.3, -0.25) is 9.69 Å². The van der Waals surface area contributed by atoms with Gasteiger partial charge in [0.05, 0.1) is 6.54 Å². The summed E-state index contributed by atoms with van der Waals surface area (Å²) < 4.78 is 0. The van der Waals surface area contributed by atoms with E-state index >= 15 is 0 Å². The topological polar surface area (TPSA) is 23.6 Å². The van der Waals surface area contributed by atoms with E-state index in [1.165, 1.54) is 16.0 Å². The molecule has 0 unspecified atom stereocenters. The van der Waals surface area contributed by atoms with E-state index in [1.807, 2.05) is 11.3 Å². The van der Waals surface area contributed by atoms with Gasteiger partial charge in [-0.15, -0.1) is 11.3 Å². The molecule has 0 bridgehead atoms. The number of thiophene rings is 1. The van der Waals surface area contributed by atoms with Gasteiger partial charge in [-0.1, -0.05) is 30.3 Å². The minimum atomic E-state index is 0.317. The molecule has 0 atom stereocenters. The lowest BCUT2D eigenvalue weighted by Gasteiger charge is -2.34. The molecule has 4 rings (SSSR count). The first kappa shape index (κ1) is 16.8. The number of nitrogens with zero attached hydrogens (tertiary/aromatic N) is 2. The first-order chi connectivity index (χ1) is 12.3. The number of carbonyl (C=O) groups excluding carboxylic acids is 1. The van der Waals surface area contributed by atoms with Crippen LogP contribution in [0.5, 0.6) is 0 Å². The number of piperidine rings is 1. The maximum atomic E-state index is 12.7. The van der Waals surface area contributed by atoms with Crippen LogP contribution in [0, 0.1) is 5.92 Å². The molecule has 0 saturated carbocycles. The summed E-state index contributed by atoms with van der Waals surface area (Å²) in [4.78, 5) is 18.6. The molecule has 0 N–H and O–H groups in total. The minimum absolute atomic E-state index is 0.317. The monoisotopic (exact) mass is 354 g/mol. The van der Waals surface area contributed by atoms with Gasteiger partial charge in [0.1, 0.15) is 0 Å². The lowest BCUT2D eigenvalue weighted by molar-refractivity contribution is -0.134. The first-order valence-corrected chi connectivity index (χ1v) is 10.2. The summed E-state index contributed by atoms with van der Waals surface area (Å²) >= 11 is 1.85. The van der Waals surface area contributed by atoms with Gasteiger partial charge in [0, 0.05) is 31.1 Å². The summed E-state index contributed by atoms with van der Waals surface area (Å²) in [5.41, 5.74) is 2.85. The molecule has 1 fully saturated rings. The second kappa shape index (κ2) is 7.71. The zero-order valence-corrected chi connectivity index (χ0v) is 15.5. The predicted molar refractivity (Wildman–Crippen MR) is 103 cm³/mol. The Morgan fingerprint density at radius 3 is 2.68 bits per heavy atom. The second-order valence-electron chi connectivity index (χ2n) is 7.34. The number of fused-ring (bicyclic) bond motifs is 1. The van der Waals surface area contributed by atoms with Crippen molar-refractivity contribution in [2.75, 3.05) is 26.2 Å². The molecule has 1 aromatic heterocycles. The van der Waals surface area contributed by atoms with Crippen LogP contribution in [-0.4, -0.2) is 41.9 Å². The van der Waals surface area contributed by atoms with Crippen molar-refractivity contribution in [2.45, 2.75) is 32.2 Å². The summed E-state index contributed by atoms with van der Waals surface area (Å²) in [6, 6.07) is 13.0. The normalized spacial score (nSPS) is 19.0. The average molecular weight is 355 g/mol. The Morgan fingerprint density at radius 2 is 1.88 bits per heavy atom. The van der Waals surface area contributed by atoms with E-state index in [-0.39, 0.29) is 0 Å². The van der Waals surface area contributed by atoms with Crippen molar-refractivity contribution in [1.82, 2.24) is 9.80 Å². The SMILES string of the molecule is O=C(CN1CCc2sccc2C1)N1CCC(Cc2ccccc2)CC1. The summed E-state index contributed by atoms with van der Waals surface area (Å²) in [7, 11) is 0. The number of carbonyl (C=O) groups is 1. The molecule has 2 aliphatic heterocycles. The van der Waals surface area contributed by atoms with E-state index in [0.717, 1.165) is 57.8 Å². The lowest BCUT2D eigenvalue weighted by Crippen LogP contribution is -2.45. The number of benzene rings is 1. The summed E-state index contributed by atoms with van der Waals surface area (Å²) in [6.07, 6.45) is 4.51. The van der Waals surface area contributed by atoms with Crippen LogP contribution < -0.4 is 0 Å². The smallest absolute Gasteiger partial charge is 0.236 e. The van der Waals surface area contributed by atoms with Crippen molar-refractivity contribution in [1.29, 1.82) is 0 Å². The molecule has 3 nitrogen and oxygen atoms in total. The van der Waals surface area contributed by atoms with E-state index in [0.29, 0.717) is 12.5 Å². The number of amides is 1. The first-order valence-electron chi connectivity index (χ1n) is 9.37. The van der Waals surface area contributed by atoms with Crippen molar-refractivity contribution >= 4 is 17.2 Å². The zero-order valence-electron chi connectivity index (χ0n) is 14.7. The molecule has 4 heteroatoms. The summed E-state index contributed by atoms with van der Waals surface area (Å²) in [5.74, 6) is 1.03. The van der Waals surface area contributed by atoms with E-state index in [1.54, 1.807) is 0 Å². The highest BCUT2D eigenvalue weighted by Gasteiger charge is 2.25. The molecule has 0 radical (unpaired) electrons. The van der Waals surface area contributed by atoms with Gasteiger partial charge in [-0.25, -0.2) is 0 Å². The Morgan fingerprint density at radius 1 is 1.08 bits per heavy atom. The van der Waals surface area contributed by atoms with Crippen LogP contribution in [0.3, 0.4) is 0 Å². The molecule has 1 aromatic carbocycles. The largest absolute Gasteiger partial charge is 0.342 e. The molecule has 0 spiro atoms. The van der Waals surface area contributed by atoms with Crippen LogP contribution >= 0.6 is 11.3 Å². The maximum Gasteiger partial charge on any atom is 0.236 e. The van der Waals surface area contributed by atoms with Gasteiger partial charge >= 0.3 is 0 Å². The fourth-order valence-corrected chi connectivity index (χ4v) is 4.96. The van der Waals surface area contributed by atoms with Crippen LogP contribution in [0.15, 0.2) is 41.8 Å². The Hall–Kier alpha value is -1.65. The van der Waals surface area contributed by atoms with Crippen LogP contribution in [0.4, 0.5) is 0 Å². The van der Waals surface area contributed by atoms with E-state index in [4.69, 9.17) is 0 Å². The van der Waals surface area contributed by atoms with E-state index in [2.05, 4.69) is 51.6 Å². The Bertz CT molecular complexity index is 704. The molecule has 132 valence electrons. The van der Waals surface area contributed by atoms with Crippen molar-refractivity contribution in [2.24, 2.45) is 5.92 Å². The highest BCUT2D eigenvalue weighted by atomic mass is 32.1. The van der Waals surface area contributed by atoms with Gasteiger partial charge in [0.25, 0.3) is 0 Å². The van der Waals surface area contributed by atoms with Crippen molar-refractivity contribution in [3.63, 3.8) is 0 Å². The lowest BCUT2D eigenvalue weighted by atomic mass is 9.90. The summed E-state index contributed by atoms with van der Waals surface area (Å²) in [6.45, 7) is 4.39. The van der Waals surface area contributed by atoms with Gasteiger partial charge in [-0.2, -0.15) is 0 Å². The number of likely N-dealkylation sites (tertiary alicyclic amines) is 1. The third-order valence-electron chi connectivity index (χ3n) is 5.58. The standard InChI is InChI=1S/C21H26N2OS/c24-21(16-22-10-8-20-19(15-22)9-13-25-20)23-11-6-18(7-12-23)14-17-4-2-1-3-5-17/h1-5,9,13,18H,6-8,10-12,14-16H2. The van der Waals surface area contributed by atoms with Gasteiger partial charge in [0.2, 0.25) is 5.91 Å². The average Bonchev–Trinajstić information content (AvgIpc) is 3.11. The fraction of sp³-hybridized carbons (Fsp3) is 0.476. The van der Waals surface area contributed by atoms with Gasteiger partial charge in [-0.05, 0) is 54.2 Å².